The molecule has 0 aromatic heterocycles. The van der Waals surface area contributed by atoms with E-state index in [2.05, 4.69) is 25.7 Å². The number of rotatable bonds is 2. The molecule has 2 aliphatic heterocycles. The Labute approximate surface area is 116 Å². The van der Waals surface area contributed by atoms with E-state index >= 15 is 0 Å². The maximum absolute atomic E-state index is 13.8. The molecule has 0 bridgehead atoms. The van der Waals surface area contributed by atoms with Gasteiger partial charge in [0, 0.05) is 42.3 Å². The highest BCUT2D eigenvalue weighted by Gasteiger charge is 2.30. The van der Waals surface area contributed by atoms with Crippen molar-refractivity contribution in [1.29, 1.82) is 0 Å². The summed E-state index contributed by atoms with van der Waals surface area (Å²) in [5.41, 5.74) is 0.810. The van der Waals surface area contributed by atoms with Crippen molar-refractivity contribution in [1.82, 2.24) is 9.80 Å². The average Bonchev–Trinajstić information content (AvgIpc) is 2.80. The third-order valence-corrected chi connectivity index (χ3v) is 4.57. The van der Waals surface area contributed by atoms with Crippen molar-refractivity contribution in [3.05, 3.63) is 34.1 Å². The van der Waals surface area contributed by atoms with Gasteiger partial charge in [-0.15, -0.1) is 0 Å². The molecule has 0 amide bonds. The molecule has 0 aliphatic carbocycles. The number of fused-ring (bicyclic) bond motifs is 1. The van der Waals surface area contributed by atoms with Gasteiger partial charge in [0.2, 0.25) is 0 Å². The fourth-order valence-electron chi connectivity index (χ4n) is 3.09. The van der Waals surface area contributed by atoms with Crippen molar-refractivity contribution >= 4 is 15.9 Å². The molecule has 18 heavy (non-hydrogen) atoms. The van der Waals surface area contributed by atoms with E-state index < -0.39 is 0 Å². The summed E-state index contributed by atoms with van der Waals surface area (Å²) in [6, 6.07) is 6.07. The number of halogens is 2. The zero-order valence-electron chi connectivity index (χ0n) is 10.4. The SMILES string of the molecule is Fc1cc(Br)ccc1CN1CCN2CCCC2C1. The molecular weight excluding hydrogens is 295 g/mol. The molecule has 1 aromatic rings. The fourth-order valence-corrected chi connectivity index (χ4v) is 3.42. The Hall–Kier alpha value is -0.450. The van der Waals surface area contributed by atoms with Crippen molar-refractivity contribution in [2.24, 2.45) is 0 Å². The van der Waals surface area contributed by atoms with Crippen LogP contribution in [0.2, 0.25) is 0 Å². The molecule has 2 fully saturated rings. The van der Waals surface area contributed by atoms with E-state index in [0.717, 1.165) is 36.2 Å². The molecule has 0 saturated carbocycles. The summed E-state index contributed by atoms with van der Waals surface area (Å²) in [6.07, 6.45) is 2.63. The predicted molar refractivity (Wildman–Crippen MR) is 74.0 cm³/mol. The second-order valence-corrected chi connectivity index (χ2v) is 6.22. The zero-order chi connectivity index (χ0) is 12.5. The number of piperazine rings is 1. The van der Waals surface area contributed by atoms with Crippen molar-refractivity contribution in [3.63, 3.8) is 0 Å². The normalized spacial score (nSPS) is 25.3. The maximum Gasteiger partial charge on any atom is 0.128 e. The van der Waals surface area contributed by atoms with Gasteiger partial charge in [-0.1, -0.05) is 22.0 Å². The highest BCUT2D eigenvalue weighted by molar-refractivity contribution is 9.10. The van der Waals surface area contributed by atoms with Gasteiger partial charge in [-0.25, -0.2) is 4.39 Å². The van der Waals surface area contributed by atoms with Crippen molar-refractivity contribution in [3.8, 4) is 0 Å². The van der Waals surface area contributed by atoms with Gasteiger partial charge in [0.25, 0.3) is 0 Å². The van der Waals surface area contributed by atoms with Gasteiger partial charge in [0.05, 0.1) is 0 Å². The number of benzene rings is 1. The lowest BCUT2D eigenvalue weighted by Crippen LogP contribution is -2.49. The fraction of sp³-hybridized carbons (Fsp3) is 0.571. The van der Waals surface area contributed by atoms with Gasteiger partial charge in [0.1, 0.15) is 5.82 Å². The van der Waals surface area contributed by atoms with Crippen LogP contribution in [0.5, 0.6) is 0 Å². The van der Waals surface area contributed by atoms with Crippen LogP contribution in [-0.2, 0) is 6.54 Å². The quantitative estimate of drug-likeness (QED) is 0.828. The van der Waals surface area contributed by atoms with Gasteiger partial charge in [-0.3, -0.25) is 9.80 Å². The van der Waals surface area contributed by atoms with E-state index in [4.69, 9.17) is 0 Å². The van der Waals surface area contributed by atoms with Gasteiger partial charge in [-0.05, 0) is 31.5 Å². The lowest BCUT2D eigenvalue weighted by Gasteiger charge is -2.37. The van der Waals surface area contributed by atoms with E-state index in [1.807, 2.05) is 12.1 Å². The van der Waals surface area contributed by atoms with E-state index in [1.165, 1.54) is 19.4 Å². The first-order chi connectivity index (χ1) is 8.72. The second kappa shape index (κ2) is 5.27. The summed E-state index contributed by atoms with van der Waals surface area (Å²) < 4.78 is 14.6. The Morgan fingerprint density at radius 3 is 3.00 bits per heavy atom. The van der Waals surface area contributed by atoms with Crippen LogP contribution in [0.4, 0.5) is 4.39 Å². The smallest absolute Gasteiger partial charge is 0.128 e. The van der Waals surface area contributed by atoms with Crippen LogP contribution in [0.3, 0.4) is 0 Å². The van der Waals surface area contributed by atoms with Crippen LogP contribution in [0.15, 0.2) is 22.7 Å². The van der Waals surface area contributed by atoms with Crippen LogP contribution in [0, 0.1) is 5.82 Å². The van der Waals surface area contributed by atoms with E-state index in [0.29, 0.717) is 6.04 Å². The maximum atomic E-state index is 13.8. The molecule has 1 aromatic carbocycles. The van der Waals surface area contributed by atoms with Crippen molar-refractivity contribution < 1.29 is 4.39 Å². The Morgan fingerprint density at radius 1 is 1.28 bits per heavy atom. The van der Waals surface area contributed by atoms with Crippen LogP contribution >= 0.6 is 15.9 Å². The molecule has 0 N–H and O–H groups in total. The molecule has 2 nitrogen and oxygen atoms in total. The van der Waals surface area contributed by atoms with Crippen LogP contribution in [0.1, 0.15) is 18.4 Å². The molecule has 1 unspecified atom stereocenters. The Bertz CT molecular complexity index is 438. The summed E-state index contributed by atoms with van der Waals surface area (Å²) in [6.45, 7) is 5.29. The van der Waals surface area contributed by atoms with E-state index in [1.54, 1.807) is 6.07 Å². The lowest BCUT2D eigenvalue weighted by atomic mass is 10.1. The Balaban J connectivity index is 1.66. The topological polar surface area (TPSA) is 6.48 Å². The minimum Gasteiger partial charge on any atom is -0.298 e. The molecule has 2 aliphatic rings. The van der Waals surface area contributed by atoms with Crippen LogP contribution < -0.4 is 0 Å². The van der Waals surface area contributed by atoms with Gasteiger partial charge in [0.15, 0.2) is 0 Å². The molecule has 2 heterocycles. The standard InChI is InChI=1S/C14H18BrFN2/c15-12-4-3-11(14(16)8-12)9-17-6-7-18-5-1-2-13(18)10-17/h3-4,8,13H,1-2,5-7,9-10H2. The van der Waals surface area contributed by atoms with Gasteiger partial charge < -0.3 is 0 Å². The summed E-state index contributed by atoms with van der Waals surface area (Å²) in [4.78, 5) is 4.97. The summed E-state index contributed by atoms with van der Waals surface area (Å²) in [7, 11) is 0. The van der Waals surface area contributed by atoms with Crippen molar-refractivity contribution in [2.75, 3.05) is 26.2 Å². The molecule has 98 valence electrons. The number of hydrogen-bond acceptors (Lipinski definition) is 2. The van der Waals surface area contributed by atoms with Crippen LogP contribution in [-0.4, -0.2) is 42.0 Å². The largest absolute Gasteiger partial charge is 0.298 e. The van der Waals surface area contributed by atoms with Crippen LogP contribution in [0.25, 0.3) is 0 Å². The molecule has 0 spiro atoms. The first-order valence-electron chi connectivity index (χ1n) is 6.63. The Morgan fingerprint density at radius 2 is 2.17 bits per heavy atom. The van der Waals surface area contributed by atoms with Crippen molar-refractivity contribution in [2.45, 2.75) is 25.4 Å². The van der Waals surface area contributed by atoms with Gasteiger partial charge in [-0.2, -0.15) is 0 Å². The first kappa shape index (κ1) is 12.6. The Kier molecular flexibility index (Phi) is 3.68. The third kappa shape index (κ3) is 2.60. The third-order valence-electron chi connectivity index (χ3n) is 4.08. The molecular formula is C14H18BrFN2. The molecule has 3 rings (SSSR count). The highest BCUT2D eigenvalue weighted by Crippen LogP contribution is 2.23. The first-order valence-corrected chi connectivity index (χ1v) is 7.42. The minimum atomic E-state index is -0.0989. The zero-order valence-corrected chi connectivity index (χ0v) is 12.0. The average molecular weight is 313 g/mol. The summed E-state index contributed by atoms with van der Waals surface area (Å²) in [5, 5.41) is 0. The molecule has 0 radical (unpaired) electrons. The lowest BCUT2D eigenvalue weighted by molar-refractivity contribution is 0.0985. The van der Waals surface area contributed by atoms with E-state index in [-0.39, 0.29) is 5.82 Å². The second-order valence-electron chi connectivity index (χ2n) is 5.30. The molecule has 4 heteroatoms. The highest BCUT2D eigenvalue weighted by atomic mass is 79.9. The monoisotopic (exact) mass is 312 g/mol. The summed E-state index contributed by atoms with van der Waals surface area (Å²) >= 11 is 3.30. The number of hydrogen-bond donors (Lipinski definition) is 0. The number of nitrogens with zero attached hydrogens (tertiary/aromatic N) is 2. The molecule has 1 atom stereocenters. The van der Waals surface area contributed by atoms with Gasteiger partial charge >= 0.3 is 0 Å². The molecule has 2 saturated heterocycles. The minimum absolute atomic E-state index is 0.0989. The summed E-state index contributed by atoms with van der Waals surface area (Å²) in [5.74, 6) is -0.0989. The van der Waals surface area contributed by atoms with E-state index in [9.17, 15) is 4.39 Å². The predicted octanol–water partition coefficient (Wildman–Crippen LogP) is 2.87.